The summed E-state index contributed by atoms with van der Waals surface area (Å²) in [6.45, 7) is 0. The van der Waals surface area contributed by atoms with Crippen LogP contribution in [0.15, 0.2) is 41.8 Å². The summed E-state index contributed by atoms with van der Waals surface area (Å²) in [5, 5.41) is 2.13. The van der Waals surface area contributed by atoms with Gasteiger partial charge in [-0.25, -0.2) is 0 Å². The van der Waals surface area contributed by atoms with Crippen LogP contribution in [0.25, 0.3) is 19.8 Å². The average molecular weight is 231 g/mol. The first-order chi connectivity index (χ1) is 7.33. The van der Waals surface area contributed by atoms with Crippen LogP contribution < -0.4 is 5.73 Å². The van der Waals surface area contributed by atoms with Crippen molar-refractivity contribution in [2.75, 3.05) is 5.73 Å². The molecule has 0 atom stereocenters. The predicted octanol–water partition coefficient (Wildman–Crippen LogP) is 4.21. The Morgan fingerprint density at radius 1 is 0.933 bits per heavy atom. The molecule has 0 aliphatic rings. The molecule has 0 saturated heterocycles. The zero-order chi connectivity index (χ0) is 10.3. The maximum absolute atomic E-state index is 5.67. The van der Waals surface area contributed by atoms with Gasteiger partial charge < -0.3 is 5.73 Å². The van der Waals surface area contributed by atoms with Gasteiger partial charge in [0.05, 0.1) is 0 Å². The third kappa shape index (κ3) is 1.54. The van der Waals surface area contributed by atoms with E-state index in [0.717, 1.165) is 5.69 Å². The van der Waals surface area contributed by atoms with Crippen LogP contribution in [-0.2, 0) is 0 Å². The molecule has 2 heterocycles. The Bertz CT molecular complexity index is 561. The Morgan fingerprint density at radius 3 is 2.47 bits per heavy atom. The summed E-state index contributed by atoms with van der Waals surface area (Å²) < 4.78 is 2.73. The smallest absolute Gasteiger partial charge is 0.0457 e. The van der Waals surface area contributed by atoms with Crippen molar-refractivity contribution in [2.24, 2.45) is 0 Å². The van der Waals surface area contributed by atoms with E-state index in [2.05, 4.69) is 29.6 Å². The molecule has 0 radical (unpaired) electrons. The third-order valence-electron chi connectivity index (χ3n) is 2.33. The zero-order valence-electron chi connectivity index (χ0n) is 7.94. The standard InChI is InChI=1S/C12H9NS2/c13-9-3-1-8(2-4-9)11-7-12-10(15-11)5-6-14-12/h1-7H,13H2. The molecule has 0 aliphatic carbocycles. The van der Waals surface area contributed by atoms with Gasteiger partial charge in [-0.2, -0.15) is 0 Å². The summed E-state index contributed by atoms with van der Waals surface area (Å²) in [5.74, 6) is 0. The maximum atomic E-state index is 5.67. The highest BCUT2D eigenvalue weighted by Gasteiger charge is 2.04. The Hall–Kier alpha value is -1.32. The molecule has 0 aliphatic heterocycles. The molecule has 15 heavy (non-hydrogen) atoms. The summed E-state index contributed by atoms with van der Waals surface area (Å²) in [4.78, 5) is 1.32. The van der Waals surface area contributed by atoms with E-state index >= 15 is 0 Å². The van der Waals surface area contributed by atoms with Crippen molar-refractivity contribution in [3.63, 3.8) is 0 Å². The lowest BCUT2D eigenvalue weighted by Crippen LogP contribution is -1.82. The highest BCUT2D eigenvalue weighted by Crippen LogP contribution is 2.36. The second kappa shape index (κ2) is 3.36. The van der Waals surface area contributed by atoms with Crippen LogP contribution in [0.1, 0.15) is 0 Å². The first-order valence-corrected chi connectivity index (χ1v) is 6.35. The van der Waals surface area contributed by atoms with Gasteiger partial charge in [0.25, 0.3) is 0 Å². The minimum absolute atomic E-state index is 0.817. The van der Waals surface area contributed by atoms with E-state index in [-0.39, 0.29) is 0 Å². The number of nitrogen functional groups attached to an aromatic ring is 1. The normalized spacial score (nSPS) is 10.9. The molecule has 0 bridgehead atoms. The molecule has 2 aromatic heterocycles. The van der Waals surface area contributed by atoms with Crippen molar-refractivity contribution in [1.29, 1.82) is 0 Å². The van der Waals surface area contributed by atoms with Gasteiger partial charge in [-0.1, -0.05) is 12.1 Å². The minimum Gasteiger partial charge on any atom is -0.399 e. The molecule has 0 saturated carbocycles. The number of hydrogen-bond donors (Lipinski definition) is 1. The molecular formula is C12H9NS2. The molecule has 1 nitrogen and oxygen atoms in total. The molecule has 0 amide bonds. The largest absolute Gasteiger partial charge is 0.399 e. The van der Waals surface area contributed by atoms with Crippen molar-refractivity contribution in [3.8, 4) is 10.4 Å². The second-order valence-electron chi connectivity index (χ2n) is 3.38. The van der Waals surface area contributed by atoms with Crippen LogP contribution in [0.2, 0.25) is 0 Å². The number of rotatable bonds is 1. The molecule has 0 unspecified atom stereocenters. The van der Waals surface area contributed by atoms with Crippen molar-refractivity contribution in [1.82, 2.24) is 0 Å². The maximum Gasteiger partial charge on any atom is 0.0457 e. The van der Waals surface area contributed by atoms with Crippen LogP contribution >= 0.6 is 22.7 Å². The van der Waals surface area contributed by atoms with Gasteiger partial charge in [0.15, 0.2) is 0 Å². The van der Waals surface area contributed by atoms with Gasteiger partial charge in [-0.15, -0.1) is 22.7 Å². The molecule has 2 N–H and O–H groups in total. The summed E-state index contributed by atoms with van der Waals surface area (Å²) in [7, 11) is 0. The minimum atomic E-state index is 0.817. The highest BCUT2D eigenvalue weighted by atomic mass is 32.1. The lowest BCUT2D eigenvalue weighted by atomic mass is 10.2. The van der Waals surface area contributed by atoms with E-state index in [9.17, 15) is 0 Å². The summed E-state index contributed by atoms with van der Waals surface area (Å²) >= 11 is 3.62. The Morgan fingerprint density at radius 2 is 1.73 bits per heavy atom. The molecular weight excluding hydrogens is 222 g/mol. The lowest BCUT2D eigenvalue weighted by Gasteiger charge is -1.97. The quantitative estimate of drug-likeness (QED) is 0.624. The first kappa shape index (κ1) is 8.95. The van der Waals surface area contributed by atoms with Crippen molar-refractivity contribution in [2.45, 2.75) is 0 Å². The number of benzene rings is 1. The number of anilines is 1. The van der Waals surface area contributed by atoms with E-state index in [1.165, 1.54) is 19.8 Å². The molecule has 3 rings (SSSR count). The van der Waals surface area contributed by atoms with Crippen molar-refractivity contribution >= 4 is 37.8 Å². The fraction of sp³-hybridized carbons (Fsp3) is 0. The Kier molecular flexibility index (Phi) is 2.01. The highest BCUT2D eigenvalue weighted by molar-refractivity contribution is 7.28. The summed E-state index contributed by atoms with van der Waals surface area (Å²) in [6, 6.07) is 12.5. The Labute approximate surface area is 95.8 Å². The van der Waals surface area contributed by atoms with Crippen LogP contribution in [0.4, 0.5) is 5.69 Å². The monoisotopic (exact) mass is 231 g/mol. The SMILES string of the molecule is Nc1ccc(-c2cc3sccc3s2)cc1. The van der Waals surface area contributed by atoms with Gasteiger partial charge in [0.1, 0.15) is 0 Å². The van der Waals surface area contributed by atoms with Crippen LogP contribution in [0.5, 0.6) is 0 Å². The van der Waals surface area contributed by atoms with E-state index in [0.29, 0.717) is 0 Å². The van der Waals surface area contributed by atoms with Crippen molar-refractivity contribution in [3.05, 3.63) is 41.8 Å². The average Bonchev–Trinajstić information content (AvgIpc) is 2.78. The number of fused-ring (bicyclic) bond motifs is 1. The predicted molar refractivity (Wildman–Crippen MR) is 69.6 cm³/mol. The topological polar surface area (TPSA) is 26.0 Å². The lowest BCUT2D eigenvalue weighted by molar-refractivity contribution is 1.68. The van der Waals surface area contributed by atoms with Crippen LogP contribution in [0.3, 0.4) is 0 Å². The van der Waals surface area contributed by atoms with Gasteiger partial charge in [0, 0.05) is 20.0 Å². The van der Waals surface area contributed by atoms with E-state index < -0.39 is 0 Å². The molecule has 3 heteroatoms. The number of hydrogen-bond acceptors (Lipinski definition) is 3. The summed E-state index contributed by atoms with van der Waals surface area (Å²) in [5.41, 5.74) is 7.73. The Balaban J connectivity index is 2.13. The van der Waals surface area contributed by atoms with E-state index in [4.69, 9.17) is 5.73 Å². The third-order valence-corrected chi connectivity index (χ3v) is 4.48. The first-order valence-electron chi connectivity index (χ1n) is 4.66. The molecule has 0 spiro atoms. The van der Waals surface area contributed by atoms with Gasteiger partial charge in [-0.3, -0.25) is 0 Å². The molecule has 0 fully saturated rings. The zero-order valence-corrected chi connectivity index (χ0v) is 9.57. The van der Waals surface area contributed by atoms with Crippen LogP contribution in [-0.4, -0.2) is 0 Å². The fourth-order valence-electron chi connectivity index (χ4n) is 1.56. The summed E-state index contributed by atoms with van der Waals surface area (Å²) in [6.07, 6.45) is 0. The van der Waals surface area contributed by atoms with Gasteiger partial charge in [0.2, 0.25) is 0 Å². The number of nitrogens with two attached hydrogens (primary N) is 1. The fourth-order valence-corrected chi connectivity index (χ4v) is 3.67. The van der Waals surface area contributed by atoms with E-state index in [1.54, 1.807) is 11.3 Å². The molecule has 1 aromatic carbocycles. The van der Waals surface area contributed by atoms with Crippen molar-refractivity contribution < 1.29 is 0 Å². The van der Waals surface area contributed by atoms with Gasteiger partial charge >= 0.3 is 0 Å². The van der Waals surface area contributed by atoms with Gasteiger partial charge in [-0.05, 0) is 35.2 Å². The molecule has 74 valence electrons. The second-order valence-corrected chi connectivity index (χ2v) is 5.41. The van der Waals surface area contributed by atoms with E-state index in [1.807, 2.05) is 23.5 Å². The number of thiophene rings is 2. The molecule has 3 aromatic rings. The van der Waals surface area contributed by atoms with Crippen LogP contribution in [0, 0.1) is 0 Å².